The van der Waals surface area contributed by atoms with E-state index in [1.54, 1.807) is 10.2 Å². The molecule has 0 unspecified atom stereocenters. The van der Waals surface area contributed by atoms with Crippen molar-refractivity contribution in [3.8, 4) is 0 Å². The zero-order chi connectivity index (χ0) is 13.1. The van der Waals surface area contributed by atoms with Crippen molar-refractivity contribution < 1.29 is 0 Å². The molecule has 0 spiro atoms. The van der Waals surface area contributed by atoms with Gasteiger partial charge in [-0.3, -0.25) is 10.0 Å². The first-order chi connectivity index (χ1) is 8.61. The number of hydrogen-bond acceptors (Lipinski definition) is 4. The SMILES string of the molecule is S=C(S)N(N1C=CCC1)N(C(=S)S)N1C=CCC1. The summed E-state index contributed by atoms with van der Waals surface area (Å²) in [6.07, 6.45) is 10.1. The number of rotatable bonds is 2. The van der Waals surface area contributed by atoms with Crippen LogP contribution in [0.5, 0.6) is 0 Å². The minimum Gasteiger partial charge on any atom is -0.271 e. The van der Waals surface area contributed by atoms with E-state index >= 15 is 0 Å². The highest BCUT2D eigenvalue weighted by molar-refractivity contribution is 8.11. The molecule has 0 fully saturated rings. The van der Waals surface area contributed by atoms with Gasteiger partial charge in [-0.05, 0) is 37.3 Å². The van der Waals surface area contributed by atoms with Gasteiger partial charge in [-0.1, -0.05) is 12.2 Å². The van der Waals surface area contributed by atoms with Crippen molar-refractivity contribution in [1.29, 1.82) is 0 Å². The molecule has 2 aliphatic rings. The van der Waals surface area contributed by atoms with Gasteiger partial charge in [0.05, 0.1) is 0 Å². The smallest absolute Gasteiger partial charge is 0.177 e. The van der Waals surface area contributed by atoms with Gasteiger partial charge >= 0.3 is 0 Å². The van der Waals surface area contributed by atoms with Gasteiger partial charge in [0.15, 0.2) is 8.64 Å². The molecule has 2 aliphatic heterocycles. The number of thiocarbonyl (C=S) groups is 2. The monoisotopic (exact) mass is 318 g/mol. The summed E-state index contributed by atoms with van der Waals surface area (Å²) in [4.78, 5) is 0. The maximum atomic E-state index is 5.21. The molecular weight excluding hydrogens is 304 g/mol. The molecule has 0 amide bonds. The van der Waals surface area contributed by atoms with Crippen LogP contribution in [-0.4, -0.2) is 42.0 Å². The minimum absolute atomic E-state index is 0.429. The highest BCUT2D eigenvalue weighted by atomic mass is 32.1. The van der Waals surface area contributed by atoms with E-state index in [9.17, 15) is 0 Å². The summed E-state index contributed by atoms with van der Waals surface area (Å²) < 4.78 is 0.858. The molecule has 2 rings (SSSR count). The fourth-order valence-electron chi connectivity index (χ4n) is 1.87. The fourth-order valence-corrected chi connectivity index (χ4v) is 2.63. The Morgan fingerprint density at radius 3 is 1.50 bits per heavy atom. The summed E-state index contributed by atoms with van der Waals surface area (Å²) in [5.41, 5.74) is 0. The van der Waals surface area contributed by atoms with Crippen LogP contribution < -0.4 is 0 Å². The van der Waals surface area contributed by atoms with Crippen LogP contribution >= 0.6 is 49.7 Å². The highest BCUT2D eigenvalue weighted by Crippen LogP contribution is 2.20. The Morgan fingerprint density at radius 1 is 0.889 bits per heavy atom. The molecule has 0 N–H and O–H groups in total. The van der Waals surface area contributed by atoms with E-state index in [-0.39, 0.29) is 0 Å². The third-order valence-electron chi connectivity index (χ3n) is 2.61. The molecule has 0 saturated heterocycles. The molecule has 0 aromatic heterocycles. The van der Waals surface area contributed by atoms with Crippen molar-refractivity contribution >= 4 is 58.3 Å². The first-order valence-corrected chi connectivity index (χ1v) is 7.25. The van der Waals surface area contributed by atoms with Gasteiger partial charge < -0.3 is 0 Å². The third-order valence-corrected chi connectivity index (χ3v) is 3.30. The Kier molecular flexibility index (Phi) is 4.77. The maximum Gasteiger partial charge on any atom is 0.177 e. The molecule has 98 valence electrons. The summed E-state index contributed by atoms with van der Waals surface area (Å²) in [7, 11) is 0. The molecule has 0 radical (unpaired) electrons. The quantitative estimate of drug-likeness (QED) is 0.457. The number of nitrogens with zero attached hydrogens (tertiary/aromatic N) is 4. The van der Waals surface area contributed by atoms with E-state index in [0.29, 0.717) is 8.64 Å². The van der Waals surface area contributed by atoms with E-state index in [2.05, 4.69) is 37.4 Å². The van der Waals surface area contributed by atoms with Crippen LogP contribution in [0.15, 0.2) is 24.6 Å². The molecule has 0 saturated carbocycles. The van der Waals surface area contributed by atoms with Gasteiger partial charge in [0, 0.05) is 25.5 Å². The van der Waals surface area contributed by atoms with E-state index in [1.165, 1.54) is 0 Å². The summed E-state index contributed by atoms with van der Waals surface area (Å²) in [6.45, 7) is 1.70. The standard InChI is InChI=1S/C10H14N4S4/c15-9(16)13(11-5-1-2-6-11)14(10(17)18)12-7-3-4-8-12/h1,3,5,7H,2,4,6,8H2,(H,15,16)(H,17,18). The molecule has 0 aromatic carbocycles. The Morgan fingerprint density at radius 2 is 1.28 bits per heavy atom. The molecule has 18 heavy (non-hydrogen) atoms. The predicted octanol–water partition coefficient (Wildman–Crippen LogP) is 2.20. The second-order valence-corrected chi connectivity index (χ2v) is 6.04. The molecular formula is C10H14N4S4. The molecule has 2 heterocycles. The average molecular weight is 319 g/mol. The molecule has 0 aliphatic carbocycles. The zero-order valence-electron chi connectivity index (χ0n) is 9.64. The number of hydrogen-bond donors (Lipinski definition) is 2. The number of hydrazine groups is 3. The van der Waals surface area contributed by atoms with Crippen LogP contribution in [-0.2, 0) is 0 Å². The third kappa shape index (κ3) is 2.93. The van der Waals surface area contributed by atoms with E-state index in [1.807, 2.05) is 22.4 Å². The Hall–Kier alpha value is -0.440. The van der Waals surface area contributed by atoms with Gasteiger partial charge in [-0.15, -0.1) is 25.3 Å². The summed E-state index contributed by atoms with van der Waals surface area (Å²) in [6, 6.07) is 0. The van der Waals surface area contributed by atoms with Gasteiger partial charge in [-0.2, -0.15) is 10.2 Å². The molecule has 0 aromatic rings. The van der Waals surface area contributed by atoms with Crippen molar-refractivity contribution in [2.24, 2.45) is 0 Å². The second-order valence-electron chi connectivity index (χ2n) is 3.82. The van der Waals surface area contributed by atoms with Gasteiger partial charge in [0.2, 0.25) is 0 Å². The van der Waals surface area contributed by atoms with Crippen molar-refractivity contribution in [2.75, 3.05) is 13.1 Å². The van der Waals surface area contributed by atoms with E-state index < -0.39 is 0 Å². The summed E-state index contributed by atoms with van der Waals surface area (Å²) >= 11 is 19.0. The van der Waals surface area contributed by atoms with Gasteiger partial charge in [-0.25, -0.2) is 0 Å². The van der Waals surface area contributed by atoms with Crippen LogP contribution in [0.4, 0.5) is 0 Å². The first-order valence-electron chi connectivity index (χ1n) is 5.53. The zero-order valence-corrected chi connectivity index (χ0v) is 13.1. The molecule has 4 nitrogen and oxygen atoms in total. The van der Waals surface area contributed by atoms with Gasteiger partial charge in [0.1, 0.15) is 0 Å². The van der Waals surface area contributed by atoms with E-state index in [0.717, 1.165) is 25.9 Å². The minimum atomic E-state index is 0.429. The largest absolute Gasteiger partial charge is 0.271 e. The average Bonchev–Trinajstić information content (AvgIpc) is 2.97. The molecule has 8 heteroatoms. The molecule has 0 bridgehead atoms. The van der Waals surface area contributed by atoms with E-state index in [4.69, 9.17) is 24.4 Å². The Bertz CT molecular complexity index is 371. The fraction of sp³-hybridized carbons (Fsp3) is 0.400. The van der Waals surface area contributed by atoms with Crippen LogP contribution in [0.1, 0.15) is 12.8 Å². The van der Waals surface area contributed by atoms with Gasteiger partial charge in [0.25, 0.3) is 0 Å². The topological polar surface area (TPSA) is 13.0 Å². The lowest BCUT2D eigenvalue weighted by Crippen LogP contribution is -2.58. The van der Waals surface area contributed by atoms with Crippen molar-refractivity contribution in [3.63, 3.8) is 0 Å². The lowest BCUT2D eigenvalue weighted by Gasteiger charge is -2.44. The number of thiol groups is 2. The van der Waals surface area contributed by atoms with Crippen LogP contribution in [0, 0.1) is 0 Å². The normalized spacial score (nSPS) is 17.4. The van der Waals surface area contributed by atoms with Crippen LogP contribution in [0.25, 0.3) is 0 Å². The Labute approximate surface area is 129 Å². The Balaban J connectivity index is 2.24. The first kappa shape index (κ1) is 14.0. The summed E-state index contributed by atoms with van der Waals surface area (Å²) in [5.74, 6) is 0. The second kappa shape index (κ2) is 6.14. The van der Waals surface area contributed by atoms with Crippen LogP contribution in [0.3, 0.4) is 0 Å². The highest BCUT2D eigenvalue weighted by Gasteiger charge is 2.28. The lowest BCUT2D eigenvalue weighted by molar-refractivity contribution is -0.132. The summed E-state index contributed by atoms with van der Waals surface area (Å²) in [5, 5.41) is 7.47. The molecule has 0 atom stereocenters. The maximum absolute atomic E-state index is 5.21. The lowest BCUT2D eigenvalue weighted by atomic mass is 10.5. The van der Waals surface area contributed by atoms with Crippen molar-refractivity contribution in [3.05, 3.63) is 24.6 Å². The van der Waals surface area contributed by atoms with Crippen LogP contribution in [0.2, 0.25) is 0 Å². The van der Waals surface area contributed by atoms with Crippen molar-refractivity contribution in [1.82, 2.24) is 20.3 Å². The van der Waals surface area contributed by atoms with Crippen molar-refractivity contribution in [2.45, 2.75) is 12.8 Å². The predicted molar refractivity (Wildman–Crippen MR) is 87.8 cm³/mol.